The summed E-state index contributed by atoms with van der Waals surface area (Å²) >= 11 is 1.36. The van der Waals surface area contributed by atoms with Gasteiger partial charge in [0.05, 0.1) is 0 Å². The van der Waals surface area contributed by atoms with Crippen LogP contribution in [0.4, 0.5) is 0 Å². The molecule has 0 saturated heterocycles. The number of hydrogen-bond acceptors (Lipinski definition) is 0. The fourth-order valence-corrected chi connectivity index (χ4v) is 5.18. The second-order valence-corrected chi connectivity index (χ2v) is 9.33. The first-order chi connectivity index (χ1) is 17.5. The number of benzene rings is 4. The standard InChI is InChI=1S/2C17H15.2CH3.2ClH.Si.Zr/c2*1-12-10-13(2)17(11-12)16-9-5-7-14-6-3-4-8-15(14)16;;;;;;/h2*3-9,11-12H,1-2H3;2*1H3;2*1H;;/q4*-1;;;;. The van der Waals surface area contributed by atoms with Crippen molar-refractivity contribution in [3.63, 3.8) is 0 Å². The van der Waals surface area contributed by atoms with E-state index in [0.29, 0.717) is 11.8 Å². The van der Waals surface area contributed by atoms with E-state index >= 15 is 0 Å². The summed E-state index contributed by atoms with van der Waals surface area (Å²) in [6, 6.07) is 30.1. The van der Waals surface area contributed by atoms with Gasteiger partial charge in [0.25, 0.3) is 0 Å². The van der Waals surface area contributed by atoms with E-state index in [4.69, 9.17) is 0 Å². The van der Waals surface area contributed by atoms with Gasteiger partial charge >= 0.3 is 30.2 Å². The van der Waals surface area contributed by atoms with Crippen molar-refractivity contribution in [3.05, 3.63) is 146 Å². The molecule has 0 saturated carbocycles. The summed E-state index contributed by atoms with van der Waals surface area (Å²) in [6.07, 6.45) is 11.5. The predicted molar refractivity (Wildman–Crippen MR) is 180 cm³/mol. The van der Waals surface area contributed by atoms with E-state index in [0.717, 1.165) is 0 Å². The molecule has 40 heavy (non-hydrogen) atoms. The quantitative estimate of drug-likeness (QED) is 0.148. The minimum atomic E-state index is 0. The summed E-state index contributed by atoms with van der Waals surface area (Å²) in [4.78, 5) is 0. The van der Waals surface area contributed by atoms with Crippen LogP contribution in [0.5, 0.6) is 0 Å². The zero-order valence-electron chi connectivity index (χ0n) is 24.2. The van der Waals surface area contributed by atoms with Gasteiger partial charge in [-0.25, -0.2) is 11.1 Å². The number of hydrogen-bond donors (Lipinski definition) is 0. The Morgan fingerprint density at radius 1 is 0.550 bits per heavy atom. The van der Waals surface area contributed by atoms with Crippen LogP contribution in [-0.2, 0) is 23.3 Å². The first kappa shape index (κ1) is 38.0. The maximum atomic E-state index is 3.45. The Morgan fingerprint density at radius 2 is 0.875 bits per heavy atom. The van der Waals surface area contributed by atoms with Gasteiger partial charge in [-0.2, -0.15) is 23.3 Å². The zero-order chi connectivity index (χ0) is 25.7. The molecule has 0 amide bonds. The molecule has 2 atom stereocenters. The van der Waals surface area contributed by atoms with Gasteiger partial charge in [-0.15, -0.1) is 24.8 Å². The fourth-order valence-electron chi connectivity index (χ4n) is 5.18. The molecule has 2 radical (unpaired) electrons. The van der Waals surface area contributed by atoms with Crippen molar-refractivity contribution in [2.45, 2.75) is 27.7 Å². The second-order valence-electron chi connectivity index (χ2n) is 9.33. The van der Waals surface area contributed by atoms with Gasteiger partial charge in [0.15, 0.2) is 0 Å². The van der Waals surface area contributed by atoms with Crippen LogP contribution in [0.15, 0.2) is 108 Å². The zero-order valence-corrected chi connectivity index (χ0v) is 29.3. The average Bonchev–Trinajstić information content (AvgIpc) is 3.43. The van der Waals surface area contributed by atoms with E-state index < -0.39 is 0 Å². The third-order valence-corrected chi connectivity index (χ3v) is 6.69. The Bertz CT molecular complexity index is 1400. The number of fused-ring (bicyclic) bond motifs is 2. The van der Waals surface area contributed by atoms with Crippen LogP contribution in [0.25, 0.3) is 32.7 Å². The molecule has 4 aromatic rings. The molecule has 2 aliphatic carbocycles. The Hall–Kier alpha value is -1.96. The molecular formula is C36H38Cl2SiZr-4. The van der Waals surface area contributed by atoms with Gasteiger partial charge in [0, 0.05) is 0 Å². The Labute approximate surface area is 271 Å². The third-order valence-electron chi connectivity index (χ3n) is 6.69. The molecule has 0 nitrogen and oxygen atoms in total. The van der Waals surface area contributed by atoms with E-state index in [2.05, 4.69) is 144 Å². The van der Waals surface area contributed by atoms with Crippen LogP contribution in [0, 0.1) is 38.8 Å². The summed E-state index contributed by atoms with van der Waals surface area (Å²) in [7, 11) is 0. The molecule has 0 N–H and O–H groups in total. The molecule has 2 aliphatic rings. The first-order valence-electron chi connectivity index (χ1n) is 12.4. The van der Waals surface area contributed by atoms with E-state index in [1.165, 1.54) is 78.3 Å². The SMILES string of the molecule is CC1=[C-]C(C)C=C1c1cccc2ccccc12.CC1=[C-]C(C)C=C1c1cccc2ccccc12.Cl.Cl.[CH3-].[CH3-].[Si]=[Zr]. The second kappa shape index (κ2) is 17.8. The third kappa shape index (κ3) is 8.53. The molecule has 0 heterocycles. The predicted octanol–water partition coefficient (Wildman–Crippen LogP) is 10.6. The topological polar surface area (TPSA) is 0 Å². The van der Waals surface area contributed by atoms with Crippen molar-refractivity contribution in [2.75, 3.05) is 0 Å². The molecule has 0 aromatic heterocycles. The van der Waals surface area contributed by atoms with Crippen LogP contribution >= 0.6 is 24.8 Å². The van der Waals surface area contributed by atoms with Crippen LogP contribution < -0.4 is 0 Å². The summed E-state index contributed by atoms with van der Waals surface area (Å²) in [5.74, 6) is 0.868. The van der Waals surface area contributed by atoms with Crippen molar-refractivity contribution in [1.29, 1.82) is 0 Å². The van der Waals surface area contributed by atoms with Crippen molar-refractivity contribution < 1.29 is 23.3 Å². The molecule has 0 fully saturated rings. The van der Waals surface area contributed by atoms with Gasteiger partial charge in [-0.3, -0.25) is 12.2 Å². The van der Waals surface area contributed by atoms with Gasteiger partial charge in [-0.05, 0) is 21.5 Å². The van der Waals surface area contributed by atoms with Gasteiger partial charge < -0.3 is 14.9 Å². The summed E-state index contributed by atoms with van der Waals surface area (Å²) in [6.45, 7) is 11.7. The van der Waals surface area contributed by atoms with Crippen molar-refractivity contribution in [3.8, 4) is 0 Å². The number of halogens is 2. The van der Waals surface area contributed by atoms with Gasteiger partial charge in [0.2, 0.25) is 0 Å². The first-order valence-corrected chi connectivity index (χ1v) is 16.6. The summed E-state index contributed by atoms with van der Waals surface area (Å²) < 4.78 is 0. The summed E-state index contributed by atoms with van der Waals surface area (Å²) in [5, 5.41) is 5.27. The van der Waals surface area contributed by atoms with Crippen LogP contribution in [0.1, 0.15) is 38.8 Å². The minimum absolute atomic E-state index is 0. The Morgan fingerprint density at radius 3 is 1.20 bits per heavy atom. The van der Waals surface area contributed by atoms with Gasteiger partial charge in [-0.1, -0.05) is 136 Å². The normalized spacial score (nSPS) is 16.5. The van der Waals surface area contributed by atoms with Crippen LogP contribution in [0.2, 0.25) is 0 Å². The molecule has 4 heteroatoms. The molecule has 2 unspecified atom stereocenters. The van der Waals surface area contributed by atoms with Crippen LogP contribution in [-0.4, -0.2) is 6.88 Å². The van der Waals surface area contributed by atoms with E-state index in [-0.39, 0.29) is 39.7 Å². The van der Waals surface area contributed by atoms with E-state index in [9.17, 15) is 0 Å². The van der Waals surface area contributed by atoms with Gasteiger partial charge in [0.1, 0.15) is 0 Å². The maximum absolute atomic E-state index is 3.45. The molecule has 0 bridgehead atoms. The Balaban J connectivity index is 0.000000655. The number of rotatable bonds is 2. The Kier molecular flexibility index (Phi) is 16.9. The fraction of sp³-hybridized carbons (Fsp3) is 0.167. The monoisotopic (exact) mass is 658 g/mol. The summed E-state index contributed by atoms with van der Waals surface area (Å²) in [5.41, 5.74) is 7.89. The van der Waals surface area contributed by atoms with E-state index in [1.807, 2.05) is 0 Å². The van der Waals surface area contributed by atoms with Crippen molar-refractivity contribution in [2.24, 2.45) is 11.8 Å². The number of allylic oxidation sites excluding steroid dienone is 8. The molecule has 4 aromatic carbocycles. The average molecular weight is 661 g/mol. The van der Waals surface area contributed by atoms with Crippen molar-refractivity contribution in [1.82, 2.24) is 0 Å². The molecule has 0 spiro atoms. The molecule has 0 aliphatic heterocycles. The van der Waals surface area contributed by atoms with Crippen molar-refractivity contribution >= 4 is 64.4 Å². The molecule has 208 valence electrons. The molecule has 6 rings (SSSR count). The molecular weight excluding hydrogens is 623 g/mol. The van der Waals surface area contributed by atoms with Crippen LogP contribution in [0.3, 0.4) is 0 Å². The van der Waals surface area contributed by atoms with E-state index in [1.54, 1.807) is 0 Å².